The fourth-order valence-electron chi connectivity index (χ4n) is 2.47. The summed E-state index contributed by atoms with van der Waals surface area (Å²) in [7, 11) is 0. The number of hydrogen-bond acceptors (Lipinski definition) is 3. The van der Waals surface area contributed by atoms with E-state index in [9.17, 15) is 0 Å². The molecule has 0 aromatic heterocycles. The average Bonchev–Trinajstić information content (AvgIpc) is 2.29. The number of rotatable bonds is 6. The molecule has 90 valence electrons. The highest BCUT2D eigenvalue weighted by atomic mass is 15.3. The number of nitrogens with two attached hydrogens (primary N) is 1. The van der Waals surface area contributed by atoms with Gasteiger partial charge < -0.3 is 10.6 Å². The second kappa shape index (κ2) is 7.20. The van der Waals surface area contributed by atoms with Gasteiger partial charge in [-0.1, -0.05) is 13.8 Å². The van der Waals surface area contributed by atoms with E-state index in [4.69, 9.17) is 5.73 Å². The second-order valence-corrected chi connectivity index (χ2v) is 4.49. The number of nitrogens with zero attached hydrogens (tertiary/aromatic N) is 2. The van der Waals surface area contributed by atoms with Gasteiger partial charge in [0.25, 0.3) is 0 Å². The third-order valence-corrected chi connectivity index (χ3v) is 3.54. The molecule has 3 heteroatoms. The summed E-state index contributed by atoms with van der Waals surface area (Å²) in [5.74, 6) is 0. The molecule has 0 unspecified atom stereocenters. The van der Waals surface area contributed by atoms with E-state index in [1.54, 1.807) is 0 Å². The highest BCUT2D eigenvalue weighted by Gasteiger charge is 2.20. The molecule has 0 saturated carbocycles. The monoisotopic (exact) mass is 213 g/mol. The lowest BCUT2D eigenvalue weighted by Gasteiger charge is -2.38. The Morgan fingerprint density at radius 1 is 1.07 bits per heavy atom. The Bertz CT molecular complexity index is 149. The van der Waals surface area contributed by atoms with E-state index in [0.717, 1.165) is 19.0 Å². The second-order valence-electron chi connectivity index (χ2n) is 4.49. The standard InChI is InChI=1S/C12H27N3/c1-3-12(4-2)15-10-8-14(9-11-15)7-5-6-13/h12H,3-11,13H2,1-2H3. The predicted octanol–water partition coefficient (Wildman–Crippen LogP) is 1.14. The first kappa shape index (κ1) is 12.9. The predicted molar refractivity (Wildman–Crippen MR) is 66.1 cm³/mol. The minimum atomic E-state index is 0.807. The maximum atomic E-state index is 5.53. The summed E-state index contributed by atoms with van der Waals surface area (Å²) in [5, 5.41) is 0. The lowest BCUT2D eigenvalue weighted by Crippen LogP contribution is -2.50. The van der Waals surface area contributed by atoms with Gasteiger partial charge in [-0.3, -0.25) is 4.90 Å². The molecule has 1 rings (SSSR count). The van der Waals surface area contributed by atoms with Gasteiger partial charge in [0.05, 0.1) is 0 Å². The van der Waals surface area contributed by atoms with E-state index >= 15 is 0 Å². The molecule has 0 aliphatic carbocycles. The number of hydrogen-bond donors (Lipinski definition) is 1. The molecule has 1 aliphatic heterocycles. The van der Waals surface area contributed by atoms with Crippen LogP contribution in [-0.2, 0) is 0 Å². The van der Waals surface area contributed by atoms with Crippen molar-refractivity contribution in [1.29, 1.82) is 0 Å². The van der Waals surface area contributed by atoms with Gasteiger partial charge in [0.15, 0.2) is 0 Å². The van der Waals surface area contributed by atoms with Crippen LogP contribution in [0.15, 0.2) is 0 Å². The van der Waals surface area contributed by atoms with Gasteiger partial charge in [-0.25, -0.2) is 0 Å². The first-order valence-corrected chi connectivity index (χ1v) is 6.48. The molecule has 0 radical (unpaired) electrons. The Kier molecular flexibility index (Phi) is 6.22. The van der Waals surface area contributed by atoms with E-state index in [1.807, 2.05) is 0 Å². The average molecular weight is 213 g/mol. The van der Waals surface area contributed by atoms with E-state index in [0.29, 0.717) is 0 Å². The van der Waals surface area contributed by atoms with Crippen LogP contribution in [0.2, 0.25) is 0 Å². The maximum absolute atomic E-state index is 5.53. The summed E-state index contributed by atoms with van der Waals surface area (Å²) in [4.78, 5) is 5.20. The van der Waals surface area contributed by atoms with E-state index < -0.39 is 0 Å². The van der Waals surface area contributed by atoms with Crippen molar-refractivity contribution >= 4 is 0 Å². The van der Waals surface area contributed by atoms with Gasteiger partial charge in [0.1, 0.15) is 0 Å². The van der Waals surface area contributed by atoms with Gasteiger partial charge >= 0.3 is 0 Å². The smallest absolute Gasteiger partial charge is 0.0113 e. The molecule has 0 atom stereocenters. The largest absolute Gasteiger partial charge is 0.330 e. The fraction of sp³-hybridized carbons (Fsp3) is 1.00. The first-order valence-electron chi connectivity index (χ1n) is 6.48. The first-order chi connectivity index (χ1) is 7.31. The van der Waals surface area contributed by atoms with Gasteiger partial charge in [-0.15, -0.1) is 0 Å². The maximum Gasteiger partial charge on any atom is 0.0113 e. The van der Waals surface area contributed by atoms with Crippen LogP contribution in [0, 0.1) is 0 Å². The molecule has 0 amide bonds. The lowest BCUT2D eigenvalue weighted by molar-refractivity contribution is 0.0918. The van der Waals surface area contributed by atoms with E-state index in [1.165, 1.54) is 45.6 Å². The summed E-state index contributed by atoms with van der Waals surface area (Å²) in [5.41, 5.74) is 5.53. The van der Waals surface area contributed by atoms with Crippen LogP contribution in [0.1, 0.15) is 33.1 Å². The van der Waals surface area contributed by atoms with Crippen LogP contribution in [0.25, 0.3) is 0 Å². The zero-order valence-electron chi connectivity index (χ0n) is 10.4. The summed E-state index contributed by atoms with van der Waals surface area (Å²) in [6, 6.07) is 0.807. The molecule has 15 heavy (non-hydrogen) atoms. The third-order valence-electron chi connectivity index (χ3n) is 3.54. The molecule has 0 aromatic rings. The Morgan fingerprint density at radius 2 is 1.67 bits per heavy atom. The molecule has 0 aromatic carbocycles. The van der Waals surface area contributed by atoms with Crippen molar-refractivity contribution in [2.45, 2.75) is 39.2 Å². The highest BCUT2D eigenvalue weighted by molar-refractivity contribution is 4.77. The van der Waals surface area contributed by atoms with Gasteiger partial charge in [0.2, 0.25) is 0 Å². The van der Waals surface area contributed by atoms with Crippen molar-refractivity contribution in [3.63, 3.8) is 0 Å². The molecule has 0 spiro atoms. The van der Waals surface area contributed by atoms with Crippen molar-refractivity contribution in [3.8, 4) is 0 Å². The van der Waals surface area contributed by atoms with Gasteiger partial charge in [-0.2, -0.15) is 0 Å². The normalized spacial score (nSPS) is 20.0. The van der Waals surface area contributed by atoms with Crippen LogP contribution >= 0.6 is 0 Å². The molecule has 0 bridgehead atoms. The summed E-state index contributed by atoms with van der Waals surface area (Å²) in [6.07, 6.45) is 3.73. The van der Waals surface area contributed by atoms with Gasteiger partial charge in [-0.05, 0) is 32.4 Å². The van der Waals surface area contributed by atoms with Crippen molar-refractivity contribution in [1.82, 2.24) is 9.80 Å². The van der Waals surface area contributed by atoms with Crippen LogP contribution in [0.4, 0.5) is 0 Å². The minimum absolute atomic E-state index is 0.807. The summed E-state index contributed by atoms with van der Waals surface area (Å²) in [6.45, 7) is 11.6. The Balaban J connectivity index is 2.22. The lowest BCUT2D eigenvalue weighted by atomic mass is 10.1. The van der Waals surface area contributed by atoms with Crippen molar-refractivity contribution in [2.75, 3.05) is 39.3 Å². The SMILES string of the molecule is CCC(CC)N1CCN(CCCN)CC1. The summed E-state index contributed by atoms with van der Waals surface area (Å²) >= 11 is 0. The van der Waals surface area contributed by atoms with Crippen LogP contribution in [0.5, 0.6) is 0 Å². The molecule has 1 aliphatic rings. The molecule has 1 fully saturated rings. The molecular formula is C12H27N3. The zero-order valence-corrected chi connectivity index (χ0v) is 10.4. The van der Waals surface area contributed by atoms with Crippen LogP contribution < -0.4 is 5.73 Å². The Morgan fingerprint density at radius 3 is 2.13 bits per heavy atom. The quantitative estimate of drug-likeness (QED) is 0.718. The van der Waals surface area contributed by atoms with E-state index in [2.05, 4.69) is 23.6 Å². The topological polar surface area (TPSA) is 32.5 Å². The van der Waals surface area contributed by atoms with Gasteiger partial charge in [0, 0.05) is 32.2 Å². The molecule has 3 nitrogen and oxygen atoms in total. The van der Waals surface area contributed by atoms with Crippen molar-refractivity contribution in [3.05, 3.63) is 0 Å². The summed E-state index contributed by atoms with van der Waals surface area (Å²) < 4.78 is 0. The Labute approximate surface area is 94.6 Å². The highest BCUT2D eigenvalue weighted by Crippen LogP contribution is 2.11. The minimum Gasteiger partial charge on any atom is -0.330 e. The Hall–Kier alpha value is -0.120. The van der Waals surface area contributed by atoms with Crippen LogP contribution in [0.3, 0.4) is 0 Å². The van der Waals surface area contributed by atoms with Crippen molar-refractivity contribution in [2.24, 2.45) is 5.73 Å². The van der Waals surface area contributed by atoms with E-state index in [-0.39, 0.29) is 0 Å². The van der Waals surface area contributed by atoms with Crippen molar-refractivity contribution < 1.29 is 0 Å². The number of piperazine rings is 1. The molecule has 1 saturated heterocycles. The zero-order chi connectivity index (χ0) is 11.1. The third kappa shape index (κ3) is 4.09. The molecular weight excluding hydrogens is 186 g/mol. The fourth-order valence-corrected chi connectivity index (χ4v) is 2.47. The molecule has 2 N–H and O–H groups in total. The molecule has 1 heterocycles. The van der Waals surface area contributed by atoms with Crippen LogP contribution in [-0.4, -0.2) is 55.1 Å².